The Kier molecular flexibility index (Phi) is 6.66. The van der Waals surface area contributed by atoms with E-state index in [0.29, 0.717) is 11.3 Å². The van der Waals surface area contributed by atoms with E-state index < -0.39 is 0 Å². The third kappa shape index (κ3) is 5.33. The first kappa shape index (κ1) is 19.9. The standard InChI is InChI=1S/C22H27N3O3/c1-24-12-14-25(15-13-24)19-8-6-18(7-9-19)23-22(27)11-10-21(26)17-4-3-5-20(16-17)28-2/h3-9,16H,10-15H2,1-2H3,(H,23,27). The summed E-state index contributed by atoms with van der Waals surface area (Å²) in [6, 6.07) is 14.9. The summed E-state index contributed by atoms with van der Waals surface area (Å²) < 4.78 is 5.13. The third-order valence-electron chi connectivity index (χ3n) is 4.99. The van der Waals surface area contributed by atoms with E-state index >= 15 is 0 Å². The maximum atomic E-state index is 12.3. The van der Waals surface area contributed by atoms with E-state index in [1.54, 1.807) is 31.4 Å². The number of piperazine rings is 1. The van der Waals surface area contributed by atoms with Gasteiger partial charge in [-0.1, -0.05) is 12.1 Å². The van der Waals surface area contributed by atoms with E-state index in [4.69, 9.17) is 4.74 Å². The number of carbonyl (C=O) groups is 2. The molecule has 1 heterocycles. The number of amides is 1. The quantitative estimate of drug-likeness (QED) is 0.747. The van der Waals surface area contributed by atoms with Crippen molar-refractivity contribution in [3.63, 3.8) is 0 Å². The molecule has 0 unspecified atom stereocenters. The monoisotopic (exact) mass is 381 g/mol. The molecule has 0 bridgehead atoms. The number of nitrogens with zero attached hydrogens (tertiary/aromatic N) is 2. The fraction of sp³-hybridized carbons (Fsp3) is 0.364. The number of ether oxygens (including phenoxy) is 1. The SMILES string of the molecule is COc1cccc(C(=O)CCC(=O)Nc2ccc(N3CCN(C)CC3)cc2)c1. The van der Waals surface area contributed by atoms with E-state index in [2.05, 4.69) is 22.2 Å². The number of benzene rings is 2. The van der Waals surface area contributed by atoms with Gasteiger partial charge in [0, 0.05) is 56.0 Å². The fourth-order valence-corrected chi connectivity index (χ4v) is 3.21. The van der Waals surface area contributed by atoms with Crippen LogP contribution in [0, 0.1) is 0 Å². The summed E-state index contributed by atoms with van der Waals surface area (Å²) in [5.41, 5.74) is 2.47. The summed E-state index contributed by atoms with van der Waals surface area (Å²) in [5, 5.41) is 2.87. The first-order valence-corrected chi connectivity index (χ1v) is 9.56. The number of hydrogen-bond acceptors (Lipinski definition) is 5. The predicted octanol–water partition coefficient (Wildman–Crippen LogP) is 3.05. The number of methoxy groups -OCH3 is 1. The normalized spacial score (nSPS) is 14.6. The first-order valence-electron chi connectivity index (χ1n) is 9.56. The molecule has 0 radical (unpaired) electrons. The van der Waals surface area contributed by atoms with Gasteiger partial charge in [-0.2, -0.15) is 0 Å². The number of likely N-dealkylation sites (N-methyl/N-ethyl adjacent to an activating group) is 1. The Bertz CT molecular complexity index is 812. The smallest absolute Gasteiger partial charge is 0.224 e. The Morgan fingerprint density at radius 2 is 1.71 bits per heavy atom. The number of ketones is 1. The molecule has 28 heavy (non-hydrogen) atoms. The Morgan fingerprint density at radius 1 is 1.00 bits per heavy atom. The van der Waals surface area contributed by atoms with Crippen LogP contribution in [0.15, 0.2) is 48.5 Å². The lowest BCUT2D eigenvalue weighted by Gasteiger charge is -2.34. The van der Waals surface area contributed by atoms with Crippen LogP contribution in [0.25, 0.3) is 0 Å². The molecular formula is C22H27N3O3. The average Bonchev–Trinajstić information content (AvgIpc) is 2.73. The molecular weight excluding hydrogens is 354 g/mol. The second-order valence-corrected chi connectivity index (χ2v) is 7.04. The minimum absolute atomic E-state index is 0.0699. The van der Waals surface area contributed by atoms with E-state index in [1.165, 1.54) is 5.69 Å². The maximum absolute atomic E-state index is 12.3. The highest BCUT2D eigenvalue weighted by Gasteiger charge is 2.14. The van der Waals surface area contributed by atoms with Gasteiger partial charge >= 0.3 is 0 Å². The van der Waals surface area contributed by atoms with Gasteiger partial charge < -0.3 is 19.9 Å². The van der Waals surface area contributed by atoms with Crippen molar-refractivity contribution in [1.29, 1.82) is 0 Å². The van der Waals surface area contributed by atoms with Gasteiger partial charge in [-0.05, 0) is 43.4 Å². The van der Waals surface area contributed by atoms with Crippen LogP contribution in [0.3, 0.4) is 0 Å². The Hall–Kier alpha value is -2.86. The molecule has 1 saturated heterocycles. The van der Waals surface area contributed by atoms with Crippen molar-refractivity contribution in [3.8, 4) is 5.75 Å². The van der Waals surface area contributed by atoms with Crippen LogP contribution >= 0.6 is 0 Å². The minimum Gasteiger partial charge on any atom is -0.497 e. The molecule has 2 aromatic carbocycles. The summed E-state index contributed by atoms with van der Waals surface area (Å²) >= 11 is 0. The summed E-state index contributed by atoms with van der Waals surface area (Å²) in [6.07, 6.45) is 0.314. The number of nitrogens with one attached hydrogen (secondary N) is 1. The molecule has 0 saturated carbocycles. The number of carbonyl (C=O) groups excluding carboxylic acids is 2. The fourth-order valence-electron chi connectivity index (χ4n) is 3.21. The van der Waals surface area contributed by atoms with Crippen molar-refractivity contribution in [3.05, 3.63) is 54.1 Å². The molecule has 1 N–H and O–H groups in total. The van der Waals surface area contributed by atoms with Crippen molar-refractivity contribution in [2.45, 2.75) is 12.8 Å². The Balaban J connectivity index is 1.48. The zero-order chi connectivity index (χ0) is 19.9. The lowest BCUT2D eigenvalue weighted by atomic mass is 10.1. The van der Waals surface area contributed by atoms with Crippen LogP contribution in [-0.4, -0.2) is 56.9 Å². The van der Waals surface area contributed by atoms with Crippen molar-refractivity contribution >= 4 is 23.1 Å². The maximum Gasteiger partial charge on any atom is 0.224 e. The van der Waals surface area contributed by atoms with Crippen molar-refractivity contribution in [1.82, 2.24) is 4.90 Å². The molecule has 2 aromatic rings. The number of anilines is 2. The van der Waals surface area contributed by atoms with Gasteiger partial charge in [0.25, 0.3) is 0 Å². The molecule has 6 nitrogen and oxygen atoms in total. The molecule has 0 aliphatic carbocycles. The molecule has 1 aliphatic heterocycles. The van der Waals surface area contributed by atoms with Gasteiger partial charge in [0.05, 0.1) is 7.11 Å². The third-order valence-corrected chi connectivity index (χ3v) is 4.99. The van der Waals surface area contributed by atoms with Gasteiger partial charge in [0.2, 0.25) is 5.91 Å². The zero-order valence-corrected chi connectivity index (χ0v) is 16.5. The van der Waals surface area contributed by atoms with Gasteiger partial charge in [-0.15, -0.1) is 0 Å². The summed E-state index contributed by atoms with van der Waals surface area (Å²) in [4.78, 5) is 29.1. The van der Waals surface area contributed by atoms with Gasteiger partial charge in [0.15, 0.2) is 5.78 Å². The van der Waals surface area contributed by atoms with E-state index in [0.717, 1.165) is 31.9 Å². The lowest BCUT2D eigenvalue weighted by molar-refractivity contribution is -0.116. The molecule has 1 fully saturated rings. The summed E-state index contributed by atoms with van der Waals surface area (Å²) in [6.45, 7) is 4.13. The first-order chi connectivity index (χ1) is 13.5. The molecule has 1 amide bonds. The minimum atomic E-state index is -0.163. The molecule has 6 heteroatoms. The molecule has 0 aromatic heterocycles. The van der Waals surface area contributed by atoms with Crippen LogP contribution < -0.4 is 15.0 Å². The summed E-state index contributed by atoms with van der Waals surface area (Å²) in [7, 11) is 3.70. The Morgan fingerprint density at radius 3 is 2.39 bits per heavy atom. The van der Waals surface area contributed by atoms with Gasteiger partial charge in [-0.25, -0.2) is 0 Å². The molecule has 0 spiro atoms. The van der Waals surface area contributed by atoms with Crippen molar-refractivity contribution in [2.75, 3.05) is 50.6 Å². The van der Waals surface area contributed by atoms with Crippen molar-refractivity contribution in [2.24, 2.45) is 0 Å². The number of Topliss-reactive ketones (excluding diaryl/α,β-unsaturated/α-hetero) is 1. The van der Waals surface area contributed by atoms with Gasteiger partial charge in [0.1, 0.15) is 5.75 Å². The van der Waals surface area contributed by atoms with E-state index in [9.17, 15) is 9.59 Å². The molecule has 148 valence electrons. The number of rotatable bonds is 7. The van der Waals surface area contributed by atoms with Gasteiger partial charge in [-0.3, -0.25) is 9.59 Å². The van der Waals surface area contributed by atoms with Crippen molar-refractivity contribution < 1.29 is 14.3 Å². The highest BCUT2D eigenvalue weighted by molar-refractivity contribution is 6.00. The molecule has 3 rings (SSSR count). The summed E-state index contributed by atoms with van der Waals surface area (Å²) in [5.74, 6) is 0.402. The highest BCUT2D eigenvalue weighted by Crippen LogP contribution is 2.20. The number of hydrogen-bond donors (Lipinski definition) is 1. The topological polar surface area (TPSA) is 61.9 Å². The largest absolute Gasteiger partial charge is 0.497 e. The van der Waals surface area contributed by atoms with Crippen LogP contribution in [0.5, 0.6) is 5.75 Å². The van der Waals surface area contributed by atoms with E-state index in [1.807, 2.05) is 24.3 Å². The lowest BCUT2D eigenvalue weighted by Crippen LogP contribution is -2.44. The average molecular weight is 381 g/mol. The highest BCUT2D eigenvalue weighted by atomic mass is 16.5. The van der Waals surface area contributed by atoms with Crippen LogP contribution in [0.2, 0.25) is 0 Å². The zero-order valence-electron chi connectivity index (χ0n) is 16.5. The van der Waals surface area contributed by atoms with Crippen LogP contribution in [0.1, 0.15) is 23.2 Å². The van der Waals surface area contributed by atoms with E-state index in [-0.39, 0.29) is 24.5 Å². The second-order valence-electron chi connectivity index (χ2n) is 7.04. The predicted molar refractivity (Wildman–Crippen MR) is 111 cm³/mol. The second kappa shape index (κ2) is 9.37. The molecule has 1 aliphatic rings. The van der Waals surface area contributed by atoms with Crippen LogP contribution in [-0.2, 0) is 4.79 Å². The Labute approximate surface area is 166 Å². The van der Waals surface area contributed by atoms with Crippen LogP contribution in [0.4, 0.5) is 11.4 Å². The molecule has 0 atom stereocenters.